The summed E-state index contributed by atoms with van der Waals surface area (Å²) < 4.78 is 16.5. The third-order valence-electron chi connectivity index (χ3n) is 4.63. The zero-order valence-electron chi connectivity index (χ0n) is 17.8. The first-order valence-corrected chi connectivity index (χ1v) is 10.7. The van der Waals surface area contributed by atoms with E-state index in [2.05, 4.69) is 44.7 Å². The fourth-order valence-corrected chi connectivity index (χ4v) is 2.92. The topological polar surface area (TPSA) is 128 Å². The summed E-state index contributed by atoms with van der Waals surface area (Å²) in [4.78, 5) is 13.5. The molecule has 1 unspecified atom stereocenters. The van der Waals surface area contributed by atoms with E-state index in [0.717, 1.165) is 32.3 Å². The van der Waals surface area contributed by atoms with Crippen molar-refractivity contribution in [3.63, 3.8) is 0 Å². The second-order valence-corrected chi connectivity index (χ2v) is 6.92. The summed E-state index contributed by atoms with van der Waals surface area (Å²) in [6.45, 7) is 9.10. The van der Waals surface area contributed by atoms with Crippen LogP contribution in [0.25, 0.3) is 0 Å². The van der Waals surface area contributed by atoms with Gasteiger partial charge in [0.05, 0.1) is 32.5 Å². The second-order valence-electron chi connectivity index (χ2n) is 6.92. The zero-order valence-corrected chi connectivity index (χ0v) is 17.8. The molecule has 0 aliphatic carbocycles. The van der Waals surface area contributed by atoms with Gasteiger partial charge in [-0.1, -0.05) is 13.8 Å². The molecule has 0 bridgehead atoms. The molecule has 0 radical (unpaired) electrons. The first-order valence-electron chi connectivity index (χ1n) is 10.7. The van der Waals surface area contributed by atoms with Crippen molar-refractivity contribution in [2.24, 2.45) is 5.73 Å². The Bertz CT molecular complexity index is 555. The van der Waals surface area contributed by atoms with Crippen LogP contribution in [0.3, 0.4) is 0 Å². The number of nitrogens with one attached hydrogen (secondary N) is 3. The van der Waals surface area contributed by atoms with Crippen LogP contribution in [-0.2, 0) is 14.2 Å². The summed E-state index contributed by atoms with van der Waals surface area (Å²) in [5, 5.41) is 9.87. The van der Waals surface area contributed by atoms with Crippen LogP contribution in [0.1, 0.15) is 39.5 Å². The number of nitrogens with zero attached hydrogens (tertiary/aromatic N) is 3. The number of aromatic nitrogens is 3. The van der Waals surface area contributed by atoms with Gasteiger partial charge in [-0.3, -0.25) is 0 Å². The highest BCUT2D eigenvalue weighted by Gasteiger charge is 2.16. The molecular formula is C19H37N7O3. The highest BCUT2D eigenvalue weighted by atomic mass is 16.5. The molecule has 5 N–H and O–H groups in total. The van der Waals surface area contributed by atoms with E-state index < -0.39 is 0 Å². The van der Waals surface area contributed by atoms with E-state index in [1.54, 1.807) is 0 Å². The second kappa shape index (κ2) is 14.3. The molecule has 10 heteroatoms. The molecule has 1 aliphatic rings. The van der Waals surface area contributed by atoms with E-state index in [1.165, 1.54) is 0 Å². The highest BCUT2D eigenvalue weighted by Crippen LogP contribution is 2.15. The van der Waals surface area contributed by atoms with E-state index in [1.807, 2.05) is 0 Å². The van der Waals surface area contributed by atoms with Crippen LogP contribution in [0.4, 0.5) is 17.8 Å². The maximum Gasteiger partial charge on any atom is 0.229 e. The number of hydrogen-bond acceptors (Lipinski definition) is 10. The summed E-state index contributed by atoms with van der Waals surface area (Å²) in [6.07, 6.45) is 4.39. The first kappa shape index (κ1) is 23.5. The summed E-state index contributed by atoms with van der Waals surface area (Å²) >= 11 is 0. The monoisotopic (exact) mass is 411 g/mol. The number of anilines is 3. The van der Waals surface area contributed by atoms with Crippen molar-refractivity contribution in [1.29, 1.82) is 0 Å². The largest absolute Gasteiger partial charge is 0.378 e. The van der Waals surface area contributed by atoms with Gasteiger partial charge < -0.3 is 35.9 Å². The molecule has 1 aliphatic heterocycles. The molecule has 166 valence electrons. The van der Waals surface area contributed by atoms with Gasteiger partial charge in [0.1, 0.15) is 0 Å². The molecule has 10 nitrogen and oxygen atoms in total. The molecular weight excluding hydrogens is 374 g/mol. The molecule has 29 heavy (non-hydrogen) atoms. The van der Waals surface area contributed by atoms with Crippen LogP contribution in [0.2, 0.25) is 0 Å². The third-order valence-corrected chi connectivity index (χ3v) is 4.63. The Labute approximate surface area is 173 Å². The Kier molecular flexibility index (Phi) is 11.6. The smallest absolute Gasteiger partial charge is 0.229 e. The molecule has 0 saturated carbocycles. The van der Waals surface area contributed by atoms with E-state index in [-0.39, 0.29) is 6.10 Å². The quantitative estimate of drug-likeness (QED) is 0.297. The van der Waals surface area contributed by atoms with Gasteiger partial charge in [0.15, 0.2) is 0 Å². The van der Waals surface area contributed by atoms with Gasteiger partial charge in [0.2, 0.25) is 17.8 Å². The molecule has 0 aromatic carbocycles. The fourth-order valence-electron chi connectivity index (χ4n) is 2.92. The fraction of sp³-hybridized carbons (Fsp3) is 0.842. The molecule has 2 heterocycles. The predicted octanol–water partition coefficient (Wildman–Crippen LogP) is 1.47. The van der Waals surface area contributed by atoms with Crippen molar-refractivity contribution in [2.45, 2.75) is 51.7 Å². The van der Waals surface area contributed by atoms with Crippen molar-refractivity contribution in [3.05, 3.63) is 0 Å². The Hall–Kier alpha value is -1.75. The van der Waals surface area contributed by atoms with Gasteiger partial charge in [-0.25, -0.2) is 0 Å². The van der Waals surface area contributed by atoms with Gasteiger partial charge in [-0.05, 0) is 25.7 Å². The minimum Gasteiger partial charge on any atom is -0.378 e. The van der Waals surface area contributed by atoms with Gasteiger partial charge in [-0.2, -0.15) is 15.0 Å². The van der Waals surface area contributed by atoms with Crippen LogP contribution in [-0.4, -0.2) is 79.8 Å². The summed E-state index contributed by atoms with van der Waals surface area (Å²) in [6, 6.07) is 0.327. The SMILES string of the molecule is CCC(CC)Nc1nc(NCCOCCOCCN)nc(NCC2CCCO2)n1. The van der Waals surface area contributed by atoms with Gasteiger partial charge in [0.25, 0.3) is 0 Å². The maximum absolute atomic E-state index is 5.66. The average molecular weight is 412 g/mol. The molecule has 0 amide bonds. The van der Waals surface area contributed by atoms with Crippen LogP contribution < -0.4 is 21.7 Å². The van der Waals surface area contributed by atoms with E-state index >= 15 is 0 Å². The Morgan fingerprint density at radius 2 is 1.69 bits per heavy atom. The summed E-state index contributed by atoms with van der Waals surface area (Å²) in [5.74, 6) is 1.64. The number of rotatable bonds is 16. The average Bonchev–Trinajstić information content (AvgIpc) is 3.26. The predicted molar refractivity (Wildman–Crippen MR) is 114 cm³/mol. The van der Waals surface area contributed by atoms with E-state index in [9.17, 15) is 0 Å². The van der Waals surface area contributed by atoms with Crippen molar-refractivity contribution < 1.29 is 14.2 Å². The number of nitrogens with two attached hydrogens (primary N) is 1. The van der Waals surface area contributed by atoms with Crippen LogP contribution in [0.5, 0.6) is 0 Å². The van der Waals surface area contributed by atoms with Crippen LogP contribution in [0, 0.1) is 0 Å². The molecule has 1 saturated heterocycles. The lowest BCUT2D eigenvalue weighted by molar-refractivity contribution is 0.0547. The Balaban J connectivity index is 1.85. The van der Waals surface area contributed by atoms with Crippen molar-refractivity contribution in [3.8, 4) is 0 Å². The first-order chi connectivity index (χ1) is 14.2. The highest BCUT2D eigenvalue weighted by molar-refractivity contribution is 5.42. The molecule has 1 atom stereocenters. The van der Waals surface area contributed by atoms with Crippen molar-refractivity contribution >= 4 is 17.8 Å². The molecule has 1 aromatic rings. The number of hydrogen-bond donors (Lipinski definition) is 4. The lowest BCUT2D eigenvalue weighted by Gasteiger charge is -2.17. The minimum absolute atomic E-state index is 0.216. The van der Waals surface area contributed by atoms with Crippen molar-refractivity contribution in [1.82, 2.24) is 15.0 Å². The van der Waals surface area contributed by atoms with Crippen molar-refractivity contribution in [2.75, 3.05) is 68.6 Å². The van der Waals surface area contributed by atoms with Crippen LogP contribution in [0.15, 0.2) is 0 Å². The standard InChI is InChI=1S/C19H37N7O3/c1-3-15(4-2)23-19-25-17(21-8-11-28-13-12-27-10-7-20)24-18(26-19)22-14-16-6-5-9-29-16/h15-16H,3-14,20H2,1-2H3,(H3,21,22,23,24,25,26). The van der Waals surface area contributed by atoms with E-state index in [0.29, 0.717) is 69.9 Å². The summed E-state index contributed by atoms with van der Waals surface area (Å²) in [7, 11) is 0. The molecule has 1 aromatic heterocycles. The zero-order chi connectivity index (χ0) is 20.7. The molecule has 1 fully saturated rings. The maximum atomic E-state index is 5.66. The molecule has 2 rings (SSSR count). The molecule has 0 spiro atoms. The Morgan fingerprint density at radius 1 is 1.00 bits per heavy atom. The normalized spacial score (nSPS) is 16.3. The van der Waals surface area contributed by atoms with Gasteiger partial charge in [0, 0.05) is 32.3 Å². The van der Waals surface area contributed by atoms with Gasteiger partial charge >= 0.3 is 0 Å². The van der Waals surface area contributed by atoms with E-state index in [4.69, 9.17) is 19.9 Å². The number of ether oxygens (including phenoxy) is 3. The van der Waals surface area contributed by atoms with Gasteiger partial charge in [-0.15, -0.1) is 0 Å². The lowest BCUT2D eigenvalue weighted by Crippen LogP contribution is -2.23. The minimum atomic E-state index is 0.216. The third kappa shape index (κ3) is 9.53. The lowest BCUT2D eigenvalue weighted by atomic mass is 10.2. The van der Waals surface area contributed by atoms with Crippen LogP contribution >= 0.6 is 0 Å². The Morgan fingerprint density at radius 3 is 2.34 bits per heavy atom. The summed E-state index contributed by atoms with van der Waals surface area (Å²) in [5.41, 5.74) is 5.37.